The maximum atomic E-state index is 13.5. The summed E-state index contributed by atoms with van der Waals surface area (Å²) in [5.41, 5.74) is 6.35. The van der Waals surface area contributed by atoms with E-state index in [-0.39, 0.29) is 11.7 Å². The van der Waals surface area contributed by atoms with Crippen molar-refractivity contribution < 1.29 is 9.18 Å². The van der Waals surface area contributed by atoms with E-state index in [1.807, 2.05) is 12.1 Å². The van der Waals surface area contributed by atoms with Crippen LogP contribution in [0.2, 0.25) is 5.02 Å². The van der Waals surface area contributed by atoms with Gasteiger partial charge in [0.25, 0.3) is 5.91 Å². The summed E-state index contributed by atoms with van der Waals surface area (Å²) in [7, 11) is 0. The fraction of sp³-hybridized carbons (Fsp3) is 0.200. The highest BCUT2D eigenvalue weighted by Crippen LogP contribution is 2.22. The summed E-state index contributed by atoms with van der Waals surface area (Å²) in [6, 6.07) is 20.8. The summed E-state index contributed by atoms with van der Waals surface area (Å²) in [4.78, 5) is 14.9. The third-order valence-corrected chi connectivity index (χ3v) is 5.61. The molecule has 1 saturated heterocycles. The van der Waals surface area contributed by atoms with Crippen molar-refractivity contribution in [2.75, 3.05) is 18.0 Å². The number of halogens is 2. The molecule has 0 spiro atoms. The van der Waals surface area contributed by atoms with E-state index < -0.39 is 0 Å². The normalized spacial score (nSPS) is 14.4. The van der Waals surface area contributed by atoms with Crippen LogP contribution in [0, 0.1) is 5.82 Å². The van der Waals surface area contributed by atoms with Crippen molar-refractivity contribution in [3.63, 3.8) is 0 Å². The molecule has 0 bridgehead atoms. The van der Waals surface area contributed by atoms with Crippen LogP contribution in [0.5, 0.6) is 0 Å². The Labute approximate surface area is 186 Å². The van der Waals surface area contributed by atoms with Crippen LogP contribution in [0.1, 0.15) is 40.7 Å². The average molecular weight is 436 g/mol. The van der Waals surface area contributed by atoms with Crippen LogP contribution in [-0.4, -0.2) is 24.7 Å². The average Bonchev–Trinajstić information content (AvgIpc) is 2.81. The number of hydrogen-bond donors (Lipinski definition) is 1. The maximum Gasteiger partial charge on any atom is 0.271 e. The van der Waals surface area contributed by atoms with Gasteiger partial charge in [-0.25, -0.2) is 9.82 Å². The zero-order valence-electron chi connectivity index (χ0n) is 17.0. The fourth-order valence-electron chi connectivity index (χ4n) is 3.66. The van der Waals surface area contributed by atoms with Crippen molar-refractivity contribution in [2.45, 2.75) is 19.3 Å². The third kappa shape index (κ3) is 5.30. The van der Waals surface area contributed by atoms with Crippen LogP contribution in [0.3, 0.4) is 0 Å². The molecule has 4 rings (SSSR count). The Morgan fingerprint density at radius 3 is 1.97 bits per heavy atom. The molecule has 1 aliphatic rings. The quantitative estimate of drug-likeness (QED) is 0.415. The number of rotatable bonds is 5. The Bertz CT molecular complexity index is 1060. The first-order valence-corrected chi connectivity index (χ1v) is 10.7. The molecule has 0 radical (unpaired) electrons. The van der Waals surface area contributed by atoms with Crippen molar-refractivity contribution in [3.8, 4) is 0 Å². The van der Waals surface area contributed by atoms with Gasteiger partial charge in [-0.2, -0.15) is 5.10 Å². The van der Waals surface area contributed by atoms with Crippen LogP contribution < -0.4 is 10.3 Å². The summed E-state index contributed by atoms with van der Waals surface area (Å²) in [6.45, 7) is 2.13. The molecule has 0 atom stereocenters. The van der Waals surface area contributed by atoms with Crippen molar-refractivity contribution in [3.05, 3.63) is 100 Å². The second-order valence-electron chi connectivity index (χ2n) is 7.51. The van der Waals surface area contributed by atoms with E-state index in [9.17, 15) is 9.18 Å². The summed E-state index contributed by atoms with van der Waals surface area (Å²) >= 11 is 5.89. The van der Waals surface area contributed by atoms with E-state index in [1.165, 1.54) is 37.1 Å². The van der Waals surface area contributed by atoms with Gasteiger partial charge >= 0.3 is 0 Å². The topological polar surface area (TPSA) is 44.7 Å². The van der Waals surface area contributed by atoms with E-state index >= 15 is 0 Å². The number of nitrogens with one attached hydrogen (secondary N) is 1. The Morgan fingerprint density at radius 1 is 0.806 bits per heavy atom. The number of piperidine rings is 1. The van der Waals surface area contributed by atoms with E-state index in [1.54, 1.807) is 36.4 Å². The molecule has 0 unspecified atom stereocenters. The second-order valence-corrected chi connectivity index (χ2v) is 7.95. The summed E-state index contributed by atoms with van der Waals surface area (Å²) < 4.78 is 13.5. The number of amides is 1. The van der Waals surface area contributed by atoms with Gasteiger partial charge in [-0.15, -0.1) is 0 Å². The molecule has 31 heavy (non-hydrogen) atoms. The van der Waals surface area contributed by atoms with Crippen LogP contribution >= 0.6 is 11.6 Å². The molecule has 158 valence electrons. The summed E-state index contributed by atoms with van der Waals surface area (Å²) in [5, 5.41) is 4.94. The number of carbonyl (C=O) groups is 1. The standard InChI is InChI=1S/C25H23ClFN3O/c26-21-10-4-20(5-11-21)25(31)29-28-24(18-6-12-22(27)13-7-18)19-8-14-23(15-9-19)30-16-2-1-3-17-30/h4-15H,1-3,16-17H2,(H,29,31)/b28-24+. The lowest BCUT2D eigenvalue weighted by molar-refractivity contribution is 0.0955. The summed E-state index contributed by atoms with van der Waals surface area (Å²) in [6.07, 6.45) is 3.70. The molecule has 0 aliphatic carbocycles. The van der Waals surface area contributed by atoms with Crippen molar-refractivity contribution >= 4 is 28.9 Å². The van der Waals surface area contributed by atoms with E-state index in [0.717, 1.165) is 18.7 Å². The minimum Gasteiger partial charge on any atom is -0.372 e. The molecule has 0 saturated carbocycles. The first kappa shape index (κ1) is 21.1. The Hall–Kier alpha value is -3.18. The fourth-order valence-corrected chi connectivity index (χ4v) is 3.78. The van der Waals surface area contributed by atoms with E-state index in [0.29, 0.717) is 21.9 Å². The number of hydrogen-bond acceptors (Lipinski definition) is 3. The van der Waals surface area contributed by atoms with Gasteiger partial charge in [0.05, 0.1) is 5.71 Å². The zero-order chi connectivity index (χ0) is 21.6. The number of hydrazone groups is 1. The molecule has 3 aromatic rings. The smallest absolute Gasteiger partial charge is 0.271 e. The molecule has 6 heteroatoms. The Balaban J connectivity index is 1.61. The highest BCUT2D eigenvalue weighted by atomic mass is 35.5. The van der Waals surface area contributed by atoms with Crippen molar-refractivity contribution in [2.24, 2.45) is 5.10 Å². The summed E-state index contributed by atoms with van der Waals surface area (Å²) in [5.74, 6) is -0.671. The van der Waals surface area contributed by atoms with Crippen LogP contribution in [0.25, 0.3) is 0 Å². The van der Waals surface area contributed by atoms with Crippen LogP contribution in [-0.2, 0) is 0 Å². The largest absolute Gasteiger partial charge is 0.372 e. The van der Waals surface area contributed by atoms with Gasteiger partial charge in [-0.05, 0) is 79.9 Å². The van der Waals surface area contributed by atoms with Gasteiger partial charge in [-0.3, -0.25) is 4.79 Å². The molecular weight excluding hydrogens is 413 g/mol. The Morgan fingerprint density at radius 2 is 1.35 bits per heavy atom. The molecule has 1 amide bonds. The van der Waals surface area contributed by atoms with Gasteiger partial charge in [0.15, 0.2) is 0 Å². The molecule has 3 aromatic carbocycles. The first-order chi connectivity index (χ1) is 15.1. The maximum absolute atomic E-state index is 13.5. The molecule has 1 N–H and O–H groups in total. The predicted octanol–water partition coefficient (Wildman–Crippen LogP) is 5.65. The molecule has 0 aromatic heterocycles. The lowest BCUT2D eigenvalue weighted by Crippen LogP contribution is -2.29. The number of carbonyl (C=O) groups excluding carboxylic acids is 1. The lowest BCUT2D eigenvalue weighted by Gasteiger charge is -2.28. The molecule has 4 nitrogen and oxygen atoms in total. The zero-order valence-corrected chi connectivity index (χ0v) is 17.8. The van der Waals surface area contributed by atoms with Crippen molar-refractivity contribution in [1.29, 1.82) is 0 Å². The number of nitrogens with zero attached hydrogens (tertiary/aromatic N) is 2. The van der Waals surface area contributed by atoms with Gasteiger partial charge in [0.2, 0.25) is 0 Å². The predicted molar refractivity (Wildman–Crippen MR) is 123 cm³/mol. The monoisotopic (exact) mass is 435 g/mol. The van der Waals surface area contributed by atoms with Crippen LogP contribution in [0.4, 0.5) is 10.1 Å². The Kier molecular flexibility index (Phi) is 6.63. The molecular formula is C25H23ClFN3O. The van der Waals surface area contributed by atoms with E-state index in [4.69, 9.17) is 11.6 Å². The van der Waals surface area contributed by atoms with Gasteiger partial charge in [0.1, 0.15) is 5.82 Å². The first-order valence-electron chi connectivity index (χ1n) is 10.3. The van der Waals surface area contributed by atoms with Crippen LogP contribution in [0.15, 0.2) is 77.9 Å². The highest BCUT2D eigenvalue weighted by molar-refractivity contribution is 6.30. The number of benzene rings is 3. The molecule has 1 heterocycles. The van der Waals surface area contributed by atoms with Gasteiger partial charge in [-0.1, -0.05) is 23.7 Å². The highest BCUT2D eigenvalue weighted by Gasteiger charge is 2.13. The minimum absolute atomic E-state index is 0.325. The third-order valence-electron chi connectivity index (χ3n) is 5.36. The molecule has 1 aliphatic heterocycles. The minimum atomic E-state index is -0.346. The molecule has 1 fully saturated rings. The van der Waals surface area contributed by atoms with E-state index in [2.05, 4.69) is 27.6 Å². The second kappa shape index (κ2) is 9.75. The SMILES string of the molecule is O=C(N/N=C(\c1ccc(F)cc1)c1ccc(N2CCCCC2)cc1)c1ccc(Cl)cc1. The lowest BCUT2D eigenvalue weighted by atomic mass is 10.0. The van der Waals surface area contributed by atoms with Gasteiger partial charge < -0.3 is 4.90 Å². The van der Waals surface area contributed by atoms with Gasteiger partial charge in [0, 0.05) is 40.5 Å². The van der Waals surface area contributed by atoms with Crippen molar-refractivity contribution in [1.82, 2.24) is 5.43 Å². The number of anilines is 1.